The van der Waals surface area contributed by atoms with Crippen LogP contribution in [0.15, 0.2) is 24.3 Å². The zero-order valence-electron chi connectivity index (χ0n) is 10.6. The third-order valence-corrected chi connectivity index (χ3v) is 3.62. The van der Waals surface area contributed by atoms with Gasteiger partial charge in [0.15, 0.2) is 0 Å². The summed E-state index contributed by atoms with van der Waals surface area (Å²) >= 11 is 0. The number of hydrogen-bond donors (Lipinski definition) is 1. The maximum absolute atomic E-state index is 13.3. The molecule has 0 aliphatic heterocycles. The fraction of sp³-hybridized carbons (Fsp3) is 0.533. The van der Waals surface area contributed by atoms with Crippen molar-refractivity contribution in [1.82, 2.24) is 5.32 Å². The van der Waals surface area contributed by atoms with Crippen LogP contribution in [0, 0.1) is 11.7 Å². The summed E-state index contributed by atoms with van der Waals surface area (Å²) in [7, 11) is 0. The summed E-state index contributed by atoms with van der Waals surface area (Å²) < 4.78 is 13.3. The van der Waals surface area contributed by atoms with Gasteiger partial charge in [0.25, 0.3) is 0 Å². The Hall–Kier alpha value is -1.38. The Kier molecular flexibility index (Phi) is 4.73. The molecule has 1 aromatic carbocycles. The lowest BCUT2D eigenvalue weighted by Gasteiger charge is -2.09. The van der Waals surface area contributed by atoms with Crippen molar-refractivity contribution in [3.05, 3.63) is 35.6 Å². The van der Waals surface area contributed by atoms with Crippen molar-refractivity contribution in [2.45, 2.75) is 38.5 Å². The summed E-state index contributed by atoms with van der Waals surface area (Å²) in [5.74, 6) is 0.485. The molecule has 1 saturated carbocycles. The molecule has 0 saturated heterocycles. The van der Waals surface area contributed by atoms with Crippen molar-refractivity contribution in [3.8, 4) is 0 Å². The molecule has 0 spiro atoms. The van der Waals surface area contributed by atoms with Crippen molar-refractivity contribution < 1.29 is 9.18 Å². The summed E-state index contributed by atoms with van der Waals surface area (Å²) in [6.45, 7) is 0.520. The Bertz CT molecular complexity index is 399. The van der Waals surface area contributed by atoms with Gasteiger partial charge in [0.1, 0.15) is 5.82 Å². The van der Waals surface area contributed by atoms with E-state index in [1.807, 2.05) is 6.07 Å². The number of nitrogens with one attached hydrogen (secondary N) is 1. The molecule has 1 aliphatic carbocycles. The van der Waals surface area contributed by atoms with Gasteiger partial charge in [0.05, 0.1) is 0 Å². The fourth-order valence-corrected chi connectivity index (χ4v) is 2.59. The SMILES string of the molecule is O=C(CC1CCCC1)NCCc1ccccc1F. The summed E-state index contributed by atoms with van der Waals surface area (Å²) in [5, 5.41) is 2.88. The molecule has 2 nitrogen and oxygen atoms in total. The van der Waals surface area contributed by atoms with E-state index in [9.17, 15) is 9.18 Å². The van der Waals surface area contributed by atoms with E-state index in [2.05, 4.69) is 5.32 Å². The minimum atomic E-state index is -0.192. The maximum atomic E-state index is 13.3. The van der Waals surface area contributed by atoms with Gasteiger partial charge in [0, 0.05) is 13.0 Å². The van der Waals surface area contributed by atoms with Crippen molar-refractivity contribution in [2.24, 2.45) is 5.92 Å². The molecule has 1 fully saturated rings. The highest BCUT2D eigenvalue weighted by Gasteiger charge is 2.17. The van der Waals surface area contributed by atoms with Gasteiger partial charge in [0.2, 0.25) is 5.91 Å². The van der Waals surface area contributed by atoms with Gasteiger partial charge < -0.3 is 5.32 Å². The summed E-state index contributed by atoms with van der Waals surface area (Å²) in [4.78, 5) is 11.7. The van der Waals surface area contributed by atoms with Crippen molar-refractivity contribution in [3.63, 3.8) is 0 Å². The second kappa shape index (κ2) is 6.53. The molecule has 0 bridgehead atoms. The minimum Gasteiger partial charge on any atom is -0.356 e. The molecular formula is C15H20FNO. The molecule has 1 N–H and O–H groups in total. The molecule has 0 aromatic heterocycles. The number of amides is 1. The molecule has 2 rings (SSSR count). The number of halogens is 1. The zero-order chi connectivity index (χ0) is 12.8. The number of benzene rings is 1. The highest BCUT2D eigenvalue weighted by atomic mass is 19.1. The average molecular weight is 249 g/mol. The molecular weight excluding hydrogens is 229 g/mol. The van der Waals surface area contributed by atoms with Gasteiger partial charge in [-0.3, -0.25) is 4.79 Å². The van der Waals surface area contributed by atoms with E-state index in [4.69, 9.17) is 0 Å². The third-order valence-electron chi connectivity index (χ3n) is 3.62. The van der Waals surface area contributed by atoms with Gasteiger partial charge in [-0.1, -0.05) is 31.0 Å². The van der Waals surface area contributed by atoms with E-state index in [0.717, 1.165) is 0 Å². The molecule has 1 aliphatic rings. The summed E-state index contributed by atoms with van der Waals surface area (Å²) in [6, 6.07) is 6.71. The first-order valence-corrected chi connectivity index (χ1v) is 6.76. The standard InChI is InChI=1S/C15H20FNO/c16-14-8-4-3-7-13(14)9-10-17-15(18)11-12-5-1-2-6-12/h3-4,7-8,12H,1-2,5-6,9-11H2,(H,17,18). The lowest BCUT2D eigenvalue weighted by atomic mass is 10.0. The van der Waals surface area contributed by atoms with Crippen LogP contribution >= 0.6 is 0 Å². The predicted octanol–water partition coefficient (Wildman–Crippen LogP) is 3.06. The summed E-state index contributed by atoms with van der Waals surface area (Å²) in [5.41, 5.74) is 0.665. The normalized spacial score (nSPS) is 15.8. The predicted molar refractivity (Wildman–Crippen MR) is 69.7 cm³/mol. The van der Waals surface area contributed by atoms with E-state index in [1.54, 1.807) is 12.1 Å². The number of hydrogen-bond acceptors (Lipinski definition) is 1. The Morgan fingerprint density at radius 2 is 2.00 bits per heavy atom. The first kappa shape index (κ1) is 13.1. The van der Waals surface area contributed by atoms with E-state index in [1.165, 1.54) is 31.7 Å². The molecule has 3 heteroatoms. The number of carbonyl (C=O) groups is 1. The first-order chi connectivity index (χ1) is 8.75. The van der Waals surface area contributed by atoms with Gasteiger partial charge in [-0.05, 0) is 36.8 Å². The number of rotatable bonds is 5. The highest BCUT2D eigenvalue weighted by Crippen LogP contribution is 2.27. The van der Waals surface area contributed by atoms with E-state index in [0.29, 0.717) is 30.9 Å². The van der Waals surface area contributed by atoms with Crippen molar-refractivity contribution in [2.75, 3.05) is 6.54 Å². The van der Waals surface area contributed by atoms with Crippen LogP contribution in [0.4, 0.5) is 4.39 Å². The zero-order valence-corrected chi connectivity index (χ0v) is 10.6. The van der Waals surface area contributed by atoms with Crippen molar-refractivity contribution >= 4 is 5.91 Å². The monoisotopic (exact) mass is 249 g/mol. The average Bonchev–Trinajstić information content (AvgIpc) is 2.84. The van der Waals surface area contributed by atoms with Crippen LogP contribution in [0.25, 0.3) is 0 Å². The van der Waals surface area contributed by atoms with Gasteiger partial charge in [-0.2, -0.15) is 0 Å². The van der Waals surface area contributed by atoms with Gasteiger partial charge >= 0.3 is 0 Å². The first-order valence-electron chi connectivity index (χ1n) is 6.76. The fourth-order valence-electron chi connectivity index (χ4n) is 2.59. The van der Waals surface area contributed by atoms with Crippen LogP contribution in [-0.4, -0.2) is 12.5 Å². The van der Waals surface area contributed by atoms with Crippen molar-refractivity contribution in [1.29, 1.82) is 0 Å². The molecule has 0 heterocycles. The molecule has 0 unspecified atom stereocenters. The topological polar surface area (TPSA) is 29.1 Å². The van der Waals surface area contributed by atoms with Crippen LogP contribution in [0.1, 0.15) is 37.7 Å². The van der Waals surface area contributed by atoms with E-state index < -0.39 is 0 Å². The largest absolute Gasteiger partial charge is 0.356 e. The summed E-state index contributed by atoms with van der Waals surface area (Å²) in [6.07, 6.45) is 6.07. The second-order valence-electron chi connectivity index (χ2n) is 5.05. The highest BCUT2D eigenvalue weighted by molar-refractivity contribution is 5.76. The van der Waals surface area contributed by atoms with Crippen LogP contribution in [-0.2, 0) is 11.2 Å². The minimum absolute atomic E-state index is 0.109. The van der Waals surface area contributed by atoms with E-state index >= 15 is 0 Å². The van der Waals surface area contributed by atoms with Crippen LogP contribution in [0.2, 0.25) is 0 Å². The van der Waals surface area contributed by atoms with Crippen LogP contribution < -0.4 is 5.32 Å². The van der Waals surface area contributed by atoms with E-state index in [-0.39, 0.29) is 11.7 Å². The number of carbonyl (C=O) groups excluding carboxylic acids is 1. The van der Waals surface area contributed by atoms with Gasteiger partial charge in [-0.15, -0.1) is 0 Å². The maximum Gasteiger partial charge on any atom is 0.220 e. The Morgan fingerprint density at radius 3 is 2.72 bits per heavy atom. The molecule has 98 valence electrons. The third kappa shape index (κ3) is 3.83. The molecule has 18 heavy (non-hydrogen) atoms. The van der Waals surface area contributed by atoms with Gasteiger partial charge in [-0.25, -0.2) is 4.39 Å². The lowest BCUT2D eigenvalue weighted by Crippen LogP contribution is -2.27. The quantitative estimate of drug-likeness (QED) is 0.853. The smallest absolute Gasteiger partial charge is 0.220 e. The second-order valence-corrected chi connectivity index (χ2v) is 5.05. The molecule has 1 aromatic rings. The molecule has 0 atom stereocenters. The molecule has 1 amide bonds. The Labute approximate surface area is 108 Å². The van der Waals surface area contributed by atoms with Crippen LogP contribution in [0.3, 0.4) is 0 Å². The Morgan fingerprint density at radius 1 is 1.28 bits per heavy atom. The van der Waals surface area contributed by atoms with Crippen LogP contribution in [0.5, 0.6) is 0 Å². The molecule has 0 radical (unpaired) electrons. The lowest BCUT2D eigenvalue weighted by molar-refractivity contribution is -0.121. The Balaban J connectivity index is 1.68.